The molecule has 0 radical (unpaired) electrons. The summed E-state index contributed by atoms with van der Waals surface area (Å²) in [6.07, 6.45) is 1.89. The largest absolute Gasteiger partial charge is 0.369 e. The molecule has 0 atom stereocenters. The first-order chi connectivity index (χ1) is 6.77. The van der Waals surface area contributed by atoms with Crippen LogP contribution in [-0.2, 0) is 11.2 Å². The van der Waals surface area contributed by atoms with Gasteiger partial charge in [-0.1, -0.05) is 24.3 Å². The minimum Gasteiger partial charge on any atom is -0.369 e. The number of hydrogen-bond donors (Lipinski definition) is 1. The lowest BCUT2D eigenvalue weighted by Crippen LogP contribution is -2.14. The molecule has 3 nitrogen and oxygen atoms in total. The summed E-state index contributed by atoms with van der Waals surface area (Å²) in [5, 5.41) is 2.08. The lowest BCUT2D eigenvalue weighted by Gasteiger charge is -2.02. The van der Waals surface area contributed by atoms with E-state index in [1.165, 1.54) is 0 Å². The summed E-state index contributed by atoms with van der Waals surface area (Å²) in [4.78, 5) is 14.9. The Morgan fingerprint density at radius 1 is 1.19 bits per heavy atom. The molecule has 0 aliphatic heterocycles. The van der Waals surface area contributed by atoms with Crippen molar-refractivity contribution in [3.05, 3.63) is 42.2 Å². The molecule has 0 aliphatic rings. The van der Waals surface area contributed by atoms with Crippen molar-refractivity contribution in [2.24, 2.45) is 5.73 Å². The van der Waals surface area contributed by atoms with Gasteiger partial charge in [0.1, 0.15) is 0 Å². The van der Waals surface area contributed by atoms with E-state index < -0.39 is 0 Å². The maximum absolute atomic E-state index is 10.8. The maximum Gasteiger partial charge on any atom is 0.223 e. The molecule has 5 heteroatoms. The number of primary amides is 1. The van der Waals surface area contributed by atoms with Crippen LogP contribution in [0.5, 0.6) is 0 Å². The molecule has 0 aliphatic carbocycles. The average Bonchev–Trinajstić information content (AvgIpc) is 2.18. The van der Waals surface area contributed by atoms with Gasteiger partial charge in [-0.25, -0.2) is 0 Å². The Morgan fingerprint density at radius 2 is 1.88 bits per heavy atom. The van der Waals surface area contributed by atoms with Crippen LogP contribution in [-0.4, -0.2) is 10.9 Å². The lowest BCUT2D eigenvalue weighted by atomic mass is 10.1. The highest BCUT2D eigenvalue weighted by molar-refractivity contribution is 5.88. The summed E-state index contributed by atoms with van der Waals surface area (Å²) in [7, 11) is 0. The molecule has 0 saturated carbocycles. The van der Waals surface area contributed by atoms with Crippen LogP contribution in [0.3, 0.4) is 0 Å². The number of halogens is 2. The molecule has 16 heavy (non-hydrogen) atoms. The second-order valence-electron chi connectivity index (χ2n) is 3.12. The van der Waals surface area contributed by atoms with Gasteiger partial charge in [0.2, 0.25) is 5.91 Å². The molecule has 1 aromatic carbocycles. The molecular weight excluding hydrogens is 247 g/mol. The molecule has 1 amide bonds. The van der Waals surface area contributed by atoms with Crippen molar-refractivity contribution in [3.63, 3.8) is 0 Å². The van der Waals surface area contributed by atoms with E-state index in [9.17, 15) is 4.79 Å². The average molecular weight is 259 g/mol. The van der Waals surface area contributed by atoms with Gasteiger partial charge in [-0.2, -0.15) is 0 Å². The molecule has 2 rings (SSSR count). The van der Waals surface area contributed by atoms with Crippen molar-refractivity contribution >= 4 is 41.5 Å². The molecule has 0 spiro atoms. The highest BCUT2D eigenvalue weighted by atomic mass is 35.5. The van der Waals surface area contributed by atoms with E-state index in [0.717, 1.165) is 16.5 Å². The number of pyridine rings is 1. The van der Waals surface area contributed by atoms with E-state index in [2.05, 4.69) is 4.98 Å². The molecule has 0 saturated heterocycles. The zero-order valence-corrected chi connectivity index (χ0v) is 10.1. The fourth-order valence-electron chi connectivity index (χ4n) is 1.49. The Morgan fingerprint density at radius 3 is 2.56 bits per heavy atom. The van der Waals surface area contributed by atoms with Crippen molar-refractivity contribution in [2.45, 2.75) is 6.42 Å². The summed E-state index contributed by atoms with van der Waals surface area (Å²) in [6.45, 7) is 0. The fourth-order valence-corrected chi connectivity index (χ4v) is 1.49. The number of carbonyl (C=O) groups is 1. The van der Waals surface area contributed by atoms with Crippen molar-refractivity contribution in [3.8, 4) is 0 Å². The summed E-state index contributed by atoms with van der Waals surface area (Å²) in [6, 6.07) is 9.73. The third-order valence-corrected chi connectivity index (χ3v) is 2.10. The Hall–Kier alpha value is -1.32. The Bertz CT molecular complexity index is 483. The summed E-state index contributed by atoms with van der Waals surface area (Å²) in [5.74, 6) is -0.353. The first-order valence-electron chi connectivity index (χ1n) is 4.38. The topological polar surface area (TPSA) is 56.0 Å². The van der Waals surface area contributed by atoms with E-state index in [0.29, 0.717) is 0 Å². The number of aromatic nitrogens is 1. The second-order valence-corrected chi connectivity index (χ2v) is 3.12. The number of hydrogen-bond acceptors (Lipinski definition) is 2. The molecule has 0 unspecified atom stereocenters. The van der Waals surface area contributed by atoms with Gasteiger partial charge in [0, 0.05) is 11.6 Å². The first-order valence-corrected chi connectivity index (χ1v) is 4.38. The van der Waals surface area contributed by atoms with Gasteiger partial charge in [-0.3, -0.25) is 9.78 Å². The predicted octanol–water partition coefficient (Wildman–Crippen LogP) is 2.11. The van der Waals surface area contributed by atoms with Gasteiger partial charge in [0.05, 0.1) is 12.1 Å². The number of nitrogens with two attached hydrogens (primary N) is 1. The summed E-state index contributed by atoms with van der Waals surface area (Å²) >= 11 is 0. The van der Waals surface area contributed by atoms with Gasteiger partial charge in [0.25, 0.3) is 0 Å². The number of benzene rings is 1. The number of rotatable bonds is 2. The van der Waals surface area contributed by atoms with E-state index >= 15 is 0 Å². The van der Waals surface area contributed by atoms with Crippen LogP contribution in [0.15, 0.2) is 36.5 Å². The number of carbonyl (C=O) groups excluding carboxylic acids is 1. The smallest absolute Gasteiger partial charge is 0.223 e. The van der Waals surface area contributed by atoms with Gasteiger partial charge in [0.15, 0.2) is 0 Å². The number of fused-ring (bicyclic) bond motifs is 1. The van der Waals surface area contributed by atoms with Crippen LogP contribution in [0.2, 0.25) is 0 Å². The monoisotopic (exact) mass is 258 g/mol. The van der Waals surface area contributed by atoms with Crippen LogP contribution in [0.1, 0.15) is 5.69 Å². The third kappa shape index (κ3) is 3.08. The van der Waals surface area contributed by atoms with Crippen molar-refractivity contribution in [2.75, 3.05) is 0 Å². The maximum atomic E-state index is 10.8. The third-order valence-electron chi connectivity index (χ3n) is 2.10. The Labute approximate surface area is 106 Å². The van der Waals surface area contributed by atoms with E-state index in [-0.39, 0.29) is 37.1 Å². The molecule has 1 aromatic heterocycles. The van der Waals surface area contributed by atoms with E-state index in [4.69, 9.17) is 5.73 Å². The van der Waals surface area contributed by atoms with Crippen molar-refractivity contribution < 1.29 is 4.79 Å². The molecule has 1 heterocycles. The molecule has 0 fully saturated rings. The number of amides is 1. The molecule has 0 bridgehead atoms. The quantitative estimate of drug-likeness (QED) is 0.897. The summed E-state index contributed by atoms with van der Waals surface area (Å²) < 4.78 is 0. The van der Waals surface area contributed by atoms with Crippen LogP contribution in [0, 0.1) is 0 Å². The Balaban J connectivity index is 0.00000112. The Kier molecular flexibility index (Phi) is 5.78. The summed E-state index contributed by atoms with van der Waals surface area (Å²) in [5.41, 5.74) is 5.88. The van der Waals surface area contributed by atoms with Crippen LogP contribution in [0.25, 0.3) is 10.8 Å². The molecule has 2 aromatic rings. The minimum atomic E-state index is -0.353. The normalized spacial score (nSPS) is 9.00. The highest BCUT2D eigenvalue weighted by Gasteiger charge is 2.04. The highest BCUT2D eigenvalue weighted by Crippen LogP contribution is 2.16. The van der Waals surface area contributed by atoms with E-state index in [1.807, 2.05) is 30.3 Å². The van der Waals surface area contributed by atoms with Crippen LogP contribution >= 0.6 is 24.8 Å². The van der Waals surface area contributed by atoms with Gasteiger partial charge >= 0.3 is 0 Å². The van der Waals surface area contributed by atoms with Crippen molar-refractivity contribution in [1.29, 1.82) is 0 Å². The van der Waals surface area contributed by atoms with E-state index in [1.54, 1.807) is 6.20 Å². The number of nitrogens with zero attached hydrogens (tertiary/aromatic N) is 1. The predicted molar refractivity (Wildman–Crippen MR) is 69.1 cm³/mol. The minimum absolute atomic E-state index is 0. The molecule has 86 valence electrons. The zero-order chi connectivity index (χ0) is 9.97. The van der Waals surface area contributed by atoms with Crippen molar-refractivity contribution in [1.82, 2.24) is 4.98 Å². The second kappa shape index (κ2) is 6.30. The fraction of sp³-hybridized carbons (Fsp3) is 0.0909. The molecular formula is C11H12Cl2N2O. The molecule has 2 N–H and O–H groups in total. The zero-order valence-electron chi connectivity index (χ0n) is 8.42. The standard InChI is InChI=1S/C11H10N2O.2ClH/c12-11(14)7-10-9-4-2-1-3-8(9)5-6-13-10;;/h1-6H,7H2,(H2,12,14);2*1H. The van der Waals surface area contributed by atoms with Gasteiger partial charge in [-0.15, -0.1) is 24.8 Å². The lowest BCUT2D eigenvalue weighted by molar-refractivity contribution is -0.117. The van der Waals surface area contributed by atoms with Crippen LogP contribution < -0.4 is 5.73 Å². The van der Waals surface area contributed by atoms with Gasteiger partial charge < -0.3 is 5.73 Å². The first kappa shape index (κ1) is 14.7. The SMILES string of the molecule is Cl.Cl.NC(=O)Cc1nccc2ccccc12. The van der Waals surface area contributed by atoms with Crippen LogP contribution in [0.4, 0.5) is 0 Å². The van der Waals surface area contributed by atoms with Gasteiger partial charge in [-0.05, 0) is 11.5 Å².